The van der Waals surface area contributed by atoms with Crippen molar-refractivity contribution in [2.24, 2.45) is 22.7 Å². The van der Waals surface area contributed by atoms with Crippen LogP contribution in [0.2, 0.25) is 0 Å². The number of rotatable bonds is 4. The molecule has 0 saturated heterocycles. The lowest BCUT2D eigenvalue weighted by molar-refractivity contribution is -0.134. The minimum absolute atomic E-state index is 0.0388. The lowest BCUT2D eigenvalue weighted by Crippen LogP contribution is -2.54. The molecule has 0 aromatic heterocycles. The van der Waals surface area contributed by atoms with Crippen molar-refractivity contribution < 1.29 is 14.6 Å². The van der Waals surface area contributed by atoms with Crippen molar-refractivity contribution in [1.82, 2.24) is 0 Å². The summed E-state index contributed by atoms with van der Waals surface area (Å²) in [6.07, 6.45) is 7.44. The molecule has 0 radical (unpaired) electrons. The normalized spacial score (nSPS) is 36.2. The maximum Gasteiger partial charge on any atom is 0.330 e. The van der Waals surface area contributed by atoms with Gasteiger partial charge in [-0.1, -0.05) is 38.5 Å². The molecule has 24 heavy (non-hydrogen) atoms. The Morgan fingerprint density at radius 2 is 2.04 bits per heavy atom. The highest BCUT2D eigenvalue weighted by molar-refractivity contribution is 5.82. The average Bonchev–Trinajstić information content (AvgIpc) is 2.50. The van der Waals surface area contributed by atoms with Crippen LogP contribution in [0.4, 0.5) is 0 Å². The summed E-state index contributed by atoms with van der Waals surface area (Å²) in [5.41, 5.74) is 2.58. The van der Waals surface area contributed by atoms with Gasteiger partial charge in [0.05, 0.1) is 13.2 Å². The second-order valence-corrected chi connectivity index (χ2v) is 8.74. The van der Waals surface area contributed by atoms with Gasteiger partial charge < -0.3 is 9.84 Å². The van der Waals surface area contributed by atoms with Gasteiger partial charge in [0.2, 0.25) is 0 Å². The monoisotopic (exact) mass is 334 g/mol. The van der Waals surface area contributed by atoms with Gasteiger partial charge >= 0.3 is 5.97 Å². The number of carbonyl (C=O) groups is 1. The standard InChI is InChI=1S/C21H34O3/c1-14(13-19(23)24-6)7-9-16-15(2)8-10-17-20(3,4)18(22)11-12-21(16,17)5/h13,16-18,22H,2,7-12H2,1,3-6H3/b14-13+/t16-,17-,18-,21+/m0/s1. The Morgan fingerprint density at radius 1 is 1.38 bits per heavy atom. The number of aliphatic hydroxyl groups excluding tert-OH is 1. The molecule has 2 aliphatic rings. The summed E-state index contributed by atoms with van der Waals surface area (Å²) in [5.74, 6) is 0.708. The number of carbonyl (C=O) groups excluding carboxylic acids is 1. The van der Waals surface area contributed by atoms with E-state index in [1.807, 2.05) is 6.92 Å². The number of ether oxygens (including phenoxy) is 1. The Balaban J connectivity index is 2.17. The summed E-state index contributed by atoms with van der Waals surface area (Å²) in [4.78, 5) is 11.4. The predicted octanol–water partition coefficient (Wildman–Crippen LogP) is 4.66. The zero-order valence-corrected chi connectivity index (χ0v) is 16.0. The maximum absolute atomic E-state index is 11.4. The highest BCUT2D eigenvalue weighted by Crippen LogP contribution is 2.61. The van der Waals surface area contributed by atoms with Gasteiger partial charge in [0.1, 0.15) is 0 Å². The van der Waals surface area contributed by atoms with E-state index in [0.717, 1.165) is 44.1 Å². The van der Waals surface area contributed by atoms with Gasteiger partial charge in [-0.3, -0.25) is 0 Å². The van der Waals surface area contributed by atoms with Crippen LogP contribution in [0.1, 0.15) is 66.2 Å². The molecule has 2 fully saturated rings. The van der Waals surface area contributed by atoms with Crippen LogP contribution >= 0.6 is 0 Å². The van der Waals surface area contributed by atoms with Gasteiger partial charge in [0.15, 0.2) is 0 Å². The highest BCUT2D eigenvalue weighted by Gasteiger charge is 2.55. The van der Waals surface area contributed by atoms with E-state index in [1.165, 1.54) is 12.7 Å². The Bertz CT molecular complexity index is 531. The largest absolute Gasteiger partial charge is 0.466 e. The topological polar surface area (TPSA) is 46.5 Å². The minimum Gasteiger partial charge on any atom is -0.466 e. The lowest BCUT2D eigenvalue weighted by atomic mass is 9.46. The van der Waals surface area contributed by atoms with Gasteiger partial charge in [0.25, 0.3) is 0 Å². The molecule has 2 saturated carbocycles. The number of esters is 1. The smallest absolute Gasteiger partial charge is 0.330 e. The molecule has 0 spiro atoms. The Hall–Kier alpha value is -1.09. The van der Waals surface area contributed by atoms with Crippen LogP contribution in [0.5, 0.6) is 0 Å². The first-order valence-corrected chi connectivity index (χ1v) is 9.23. The summed E-state index contributed by atoms with van der Waals surface area (Å²) >= 11 is 0. The highest BCUT2D eigenvalue weighted by atomic mass is 16.5. The first-order chi connectivity index (χ1) is 11.1. The third-order valence-electron chi connectivity index (χ3n) is 6.95. The Morgan fingerprint density at radius 3 is 2.67 bits per heavy atom. The zero-order valence-electron chi connectivity index (χ0n) is 16.0. The third kappa shape index (κ3) is 3.46. The molecule has 2 rings (SSSR count). The minimum atomic E-state index is -0.277. The van der Waals surface area contributed by atoms with Crippen molar-refractivity contribution in [3.63, 3.8) is 0 Å². The average molecular weight is 335 g/mol. The van der Waals surface area contributed by atoms with Gasteiger partial charge in [-0.05, 0) is 68.1 Å². The number of hydrogen-bond donors (Lipinski definition) is 1. The predicted molar refractivity (Wildman–Crippen MR) is 97.5 cm³/mol. The fourth-order valence-electron chi connectivity index (χ4n) is 5.40. The van der Waals surface area contributed by atoms with E-state index in [0.29, 0.717) is 11.8 Å². The molecule has 2 aliphatic carbocycles. The van der Waals surface area contributed by atoms with Crippen LogP contribution < -0.4 is 0 Å². The molecule has 4 atom stereocenters. The molecule has 0 aliphatic heterocycles. The van der Waals surface area contributed by atoms with E-state index < -0.39 is 0 Å². The molecule has 3 heteroatoms. The number of methoxy groups -OCH3 is 1. The van der Waals surface area contributed by atoms with Crippen molar-refractivity contribution in [3.8, 4) is 0 Å². The molecule has 0 heterocycles. The molecular formula is C21H34O3. The van der Waals surface area contributed by atoms with Gasteiger partial charge in [0, 0.05) is 6.08 Å². The van der Waals surface area contributed by atoms with E-state index in [-0.39, 0.29) is 22.9 Å². The quantitative estimate of drug-likeness (QED) is 0.462. The second-order valence-electron chi connectivity index (χ2n) is 8.74. The van der Waals surface area contributed by atoms with Crippen LogP contribution in [0, 0.1) is 22.7 Å². The first kappa shape index (κ1) is 19.2. The first-order valence-electron chi connectivity index (χ1n) is 9.23. The number of aliphatic hydroxyl groups is 1. The SMILES string of the molecule is C=C1CC[C@H]2C(C)(C)[C@@H](O)CC[C@]2(C)[C@H]1CC/C(C)=C/C(=O)OC. The second kappa shape index (κ2) is 7.03. The van der Waals surface area contributed by atoms with E-state index in [1.54, 1.807) is 6.08 Å². The van der Waals surface area contributed by atoms with Crippen molar-refractivity contribution in [1.29, 1.82) is 0 Å². The molecule has 0 aromatic carbocycles. The fraction of sp³-hybridized carbons (Fsp3) is 0.762. The molecule has 0 unspecified atom stereocenters. The summed E-state index contributed by atoms with van der Waals surface area (Å²) in [5, 5.41) is 10.5. The van der Waals surface area contributed by atoms with E-state index in [2.05, 4.69) is 27.4 Å². The van der Waals surface area contributed by atoms with Crippen LogP contribution in [0.25, 0.3) is 0 Å². The summed E-state index contributed by atoms with van der Waals surface area (Å²) in [6, 6.07) is 0. The van der Waals surface area contributed by atoms with Crippen LogP contribution in [-0.4, -0.2) is 24.3 Å². The number of fused-ring (bicyclic) bond motifs is 1. The molecular weight excluding hydrogens is 300 g/mol. The molecule has 0 bridgehead atoms. The van der Waals surface area contributed by atoms with Gasteiger partial charge in [-0.2, -0.15) is 0 Å². The fourth-order valence-corrected chi connectivity index (χ4v) is 5.40. The summed E-state index contributed by atoms with van der Waals surface area (Å²) in [6.45, 7) is 13.2. The van der Waals surface area contributed by atoms with Crippen LogP contribution in [0.15, 0.2) is 23.8 Å². The molecule has 1 N–H and O–H groups in total. The van der Waals surface area contributed by atoms with Gasteiger partial charge in [-0.15, -0.1) is 0 Å². The van der Waals surface area contributed by atoms with E-state index in [9.17, 15) is 9.90 Å². The summed E-state index contributed by atoms with van der Waals surface area (Å²) in [7, 11) is 1.41. The molecule has 0 aromatic rings. The third-order valence-corrected chi connectivity index (χ3v) is 6.95. The van der Waals surface area contributed by atoms with Crippen molar-refractivity contribution in [3.05, 3.63) is 23.8 Å². The Labute approximate surface area is 147 Å². The molecule has 136 valence electrons. The lowest BCUT2D eigenvalue weighted by Gasteiger charge is -2.59. The maximum atomic E-state index is 11.4. The number of hydrogen-bond acceptors (Lipinski definition) is 3. The molecule has 3 nitrogen and oxygen atoms in total. The zero-order chi connectivity index (χ0) is 18.1. The van der Waals surface area contributed by atoms with Crippen molar-refractivity contribution >= 4 is 5.97 Å². The summed E-state index contributed by atoms with van der Waals surface area (Å²) < 4.78 is 4.72. The Kier molecular flexibility index (Phi) is 5.64. The van der Waals surface area contributed by atoms with E-state index >= 15 is 0 Å². The van der Waals surface area contributed by atoms with E-state index in [4.69, 9.17) is 4.74 Å². The van der Waals surface area contributed by atoms with Crippen molar-refractivity contribution in [2.45, 2.75) is 72.3 Å². The van der Waals surface area contributed by atoms with Crippen molar-refractivity contribution in [2.75, 3.05) is 7.11 Å². The van der Waals surface area contributed by atoms with Gasteiger partial charge in [-0.25, -0.2) is 4.79 Å². The van der Waals surface area contributed by atoms with Crippen LogP contribution in [0.3, 0.4) is 0 Å². The van der Waals surface area contributed by atoms with Crippen LogP contribution in [-0.2, 0) is 9.53 Å². The number of allylic oxidation sites excluding steroid dienone is 2. The molecule has 0 amide bonds.